The fourth-order valence-corrected chi connectivity index (χ4v) is 3.13. The van der Waals surface area contributed by atoms with Crippen molar-refractivity contribution in [2.24, 2.45) is 0 Å². The number of aliphatic hydroxyl groups excluding tert-OH is 1. The van der Waals surface area contributed by atoms with Gasteiger partial charge in [-0.2, -0.15) is 0 Å². The third-order valence-electron chi connectivity index (χ3n) is 4.39. The lowest BCUT2D eigenvalue weighted by molar-refractivity contribution is -0.0153. The molecule has 2 aromatic rings. The first-order valence-corrected chi connectivity index (χ1v) is 8.42. The largest absolute Gasteiger partial charge is 0.488 e. The quantitative estimate of drug-likeness (QED) is 0.769. The van der Waals surface area contributed by atoms with Crippen LogP contribution >= 0.6 is 0 Å². The lowest BCUT2D eigenvalue weighted by Gasteiger charge is -2.35. The standard InChI is InChI=1S/C18H25N3O2/c22-18-16(20-10-5-12-21-13-11-19-14-21)8-4-9-17(18)23-15-6-2-1-3-7-15/h1-3,6-7,11,13-14,16-18,20,22H,4-5,8-10,12H2/t16-,17+,18+/m0/s1. The molecule has 0 saturated heterocycles. The van der Waals surface area contributed by atoms with Crippen molar-refractivity contribution < 1.29 is 9.84 Å². The SMILES string of the molecule is O[C@@H]1[C@@H](NCCCn2ccnc2)CCC[C@H]1Oc1ccccc1. The van der Waals surface area contributed by atoms with Crippen molar-refractivity contribution >= 4 is 0 Å². The summed E-state index contributed by atoms with van der Waals surface area (Å²) in [5.74, 6) is 0.831. The first-order valence-electron chi connectivity index (χ1n) is 8.42. The Bertz CT molecular complexity index is 559. The van der Waals surface area contributed by atoms with Crippen LogP contribution in [0.3, 0.4) is 0 Å². The summed E-state index contributed by atoms with van der Waals surface area (Å²) < 4.78 is 8.03. The predicted molar refractivity (Wildman–Crippen MR) is 89.4 cm³/mol. The van der Waals surface area contributed by atoms with Crippen LogP contribution in [-0.2, 0) is 6.54 Å². The molecule has 5 heteroatoms. The van der Waals surface area contributed by atoms with Crippen LogP contribution in [-0.4, -0.2) is 39.5 Å². The fourth-order valence-electron chi connectivity index (χ4n) is 3.13. The Morgan fingerprint density at radius 2 is 2.13 bits per heavy atom. The van der Waals surface area contributed by atoms with E-state index < -0.39 is 6.10 Å². The second kappa shape index (κ2) is 8.13. The Morgan fingerprint density at radius 1 is 1.26 bits per heavy atom. The molecule has 0 aliphatic heterocycles. The molecule has 1 saturated carbocycles. The fraction of sp³-hybridized carbons (Fsp3) is 0.500. The van der Waals surface area contributed by atoms with Crippen molar-refractivity contribution in [3.05, 3.63) is 49.1 Å². The summed E-state index contributed by atoms with van der Waals surface area (Å²) in [6.07, 6.45) is 9.01. The monoisotopic (exact) mass is 315 g/mol. The minimum atomic E-state index is -0.461. The van der Waals surface area contributed by atoms with Crippen molar-refractivity contribution in [2.45, 2.75) is 50.5 Å². The number of benzene rings is 1. The highest BCUT2D eigenvalue weighted by molar-refractivity contribution is 5.21. The molecule has 5 nitrogen and oxygen atoms in total. The molecule has 1 aliphatic carbocycles. The van der Waals surface area contributed by atoms with Crippen molar-refractivity contribution in [1.82, 2.24) is 14.9 Å². The molecule has 124 valence electrons. The van der Waals surface area contributed by atoms with E-state index >= 15 is 0 Å². The molecule has 0 bridgehead atoms. The van der Waals surface area contributed by atoms with Crippen LogP contribution in [0.1, 0.15) is 25.7 Å². The Kier molecular flexibility index (Phi) is 5.66. The lowest BCUT2D eigenvalue weighted by Crippen LogP contribution is -2.51. The zero-order valence-electron chi connectivity index (χ0n) is 13.3. The van der Waals surface area contributed by atoms with E-state index in [0.29, 0.717) is 0 Å². The van der Waals surface area contributed by atoms with Crippen molar-refractivity contribution in [3.63, 3.8) is 0 Å². The molecule has 2 N–H and O–H groups in total. The number of aromatic nitrogens is 2. The van der Waals surface area contributed by atoms with E-state index in [9.17, 15) is 5.11 Å². The average molecular weight is 315 g/mol. The summed E-state index contributed by atoms with van der Waals surface area (Å²) in [4.78, 5) is 4.04. The highest BCUT2D eigenvalue weighted by atomic mass is 16.5. The number of nitrogens with zero attached hydrogens (tertiary/aromatic N) is 2. The van der Waals surface area contributed by atoms with Crippen LogP contribution in [0.25, 0.3) is 0 Å². The predicted octanol–water partition coefficient (Wildman–Crippen LogP) is 2.22. The van der Waals surface area contributed by atoms with Gasteiger partial charge in [-0.3, -0.25) is 0 Å². The zero-order chi connectivity index (χ0) is 15.9. The van der Waals surface area contributed by atoms with Gasteiger partial charge in [-0.25, -0.2) is 4.98 Å². The molecule has 0 radical (unpaired) electrons. The zero-order valence-corrected chi connectivity index (χ0v) is 13.3. The van der Waals surface area contributed by atoms with E-state index in [0.717, 1.165) is 44.5 Å². The van der Waals surface area contributed by atoms with Gasteiger partial charge >= 0.3 is 0 Å². The van der Waals surface area contributed by atoms with E-state index in [-0.39, 0.29) is 12.1 Å². The molecule has 1 aromatic carbocycles. The highest BCUT2D eigenvalue weighted by Gasteiger charge is 2.32. The Hall–Kier alpha value is -1.85. The maximum atomic E-state index is 10.6. The molecule has 0 amide bonds. The normalized spacial score (nSPS) is 24.5. The number of nitrogens with one attached hydrogen (secondary N) is 1. The maximum absolute atomic E-state index is 10.6. The van der Waals surface area contributed by atoms with E-state index in [1.807, 2.05) is 42.9 Å². The number of ether oxygens (including phenoxy) is 1. The molecule has 1 fully saturated rings. The van der Waals surface area contributed by atoms with Crippen molar-refractivity contribution in [3.8, 4) is 5.75 Å². The first-order chi connectivity index (χ1) is 11.3. The molecule has 23 heavy (non-hydrogen) atoms. The Balaban J connectivity index is 1.44. The summed E-state index contributed by atoms with van der Waals surface area (Å²) in [5.41, 5.74) is 0. The van der Waals surface area contributed by atoms with E-state index in [4.69, 9.17) is 4.74 Å². The first kappa shape index (κ1) is 16.0. The molecule has 0 spiro atoms. The van der Waals surface area contributed by atoms with Crippen LogP contribution in [0, 0.1) is 0 Å². The summed E-state index contributed by atoms with van der Waals surface area (Å²) >= 11 is 0. The number of aryl methyl sites for hydroxylation is 1. The second-order valence-corrected chi connectivity index (χ2v) is 6.11. The topological polar surface area (TPSA) is 59.3 Å². The van der Waals surface area contributed by atoms with Gasteiger partial charge in [-0.1, -0.05) is 18.2 Å². The van der Waals surface area contributed by atoms with Crippen molar-refractivity contribution in [2.75, 3.05) is 6.54 Å². The number of rotatable bonds is 7. The van der Waals surface area contributed by atoms with Gasteiger partial charge in [0.05, 0.1) is 6.33 Å². The highest BCUT2D eigenvalue weighted by Crippen LogP contribution is 2.24. The molecule has 1 aliphatic rings. The molecule has 3 rings (SSSR count). The van der Waals surface area contributed by atoms with Gasteiger partial charge in [0.1, 0.15) is 18.0 Å². The summed E-state index contributed by atoms with van der Waals surface area (Å²) in [7, 11) is 0. The van der Waals surface area contributed by atoms with Gasteiger partial charge in [0.2, 0.25) is 0 Å². The third kappa shape index (κ3) is 4.56. The van der Waals surface area contributed by atoms with Gasteiger partial charge in [-0.05, 0) is 44.4 Å². The van der Waals surface area contributed by atoms with Gasteiger partial charge < -0.3 is 19.7 Å². The molecule has 1 heterocycles. The maximum Gasteiger partial charge on any atom is 0.126 e. The molecule has 0 unspecified atom stereocenters. The molecular formula is C18H25N3O2. The average Bonchev–Trinajstić information content (AvgIpc) is 3.09. The lowest BCUT2D eigenvalue weighted by atomic mass is 9.89. The minimum absolute atomic E-state index is 0.111. The molecule has 1 aromatic heterocycles. The van der Waals surface area contributed by atoms with E-state index in [1.165, 1.54) is 0 Å². The van der Waals surface area contributed by atoms with Crippen LogP contribution in [0.2, 0.25) is 0 Å². The molecule has 3 atom stereocenters. The number of para-hydroxylation sites is 1. The number of aliphatic hydroxyl groups is 1. The number of imidazole rings is 1. The van der Waals surface area contributed by atoms with Gasteiger partial charge in [0, 0.05) is 25.0 Å². The Morgan fingerprint density at radius 3 is 2.91 bits per heavy atom. The number of hydrogen-bond acceptors (Lipinski definition) is 4. The van der Waals surface area contributed by atoms with Crippen LogP contribution in [0.4, 0.5) is 0 Å². The molecular weight excluding hydrogens is 290 g/mol. The smallest absolute Gasteiger partial charge is 0.126 e. The number of hydrogen-bond donors (Lipinski definition) is 2. The van der Waals surface area contributed by atoms with Crippen LogP contribution in [0.5, 0.6) is 5.75 Å². The van der Waals surface area contributed by atoms with E-state index in [2.05, 4.69) is 14.9 Å². The minimum Gasteiger partial charge on any atom is -0.488 e. The summed E-state index contributed by atoms with van der Waals surface area (Å²) in [6.45, 7) is 1.83. The van der Waals surface area contributed by atoms with Crippen LogP contribution < -0.4 is 10.1 Å². The van der Waals surface area contributed by atoms with E-state index in [1.54, 1.807) is 6.20 Å². The van der Waals surface area contributed by atoms with Crippen LogP contribution in [0.15, 0.2) is 49.1 Å². The second-order valence-electron chi connectivity index (χ2n) is 6.11. The third-order valence-corrected chi connectivity index (χ3v) is 4.39. The van der Waals surface area contributed by atoms with Crippen molar-refractivity contribution in [1.29, 1.82) is 0 Å². The van der Waals surface area contributed by atoms with Gasteiger partial charge in [0.15, 0.2) is 0 Å². The summed E-state index contributed by atoms with van der Waals surface area (Å²) in [5, 5.41) is 14.1. The summed E-state index contributed by atoms with van der Waals surface area (Å²) in [6, 6.07) is 9.87. The van der Waals surface area contributed by atoms with Gasteiger partial charge in [0.25, 0.3) is 0 Å². The Labute approximate surface area is 137 Å². The van der Waals surface area contributed by atoms with Gasteiger partial charge in [-0.15, -0.1) is 0 Å².